The van der Waals surface area contributed by atoms with Crippen molar-refractivity contribution in [3.05, 3.63) is 77.6 Å². The summed E-state index contributed by atoms with van der Waals surface area (Å²) in [5.74, 6) is 2.32. The monoisotopic (exact) mass is 408 g/mol. The molecule has 0 spiro atoms. The Morgan fingerprint density at radius 2 is 1.93 bits per heavy atom. The average molecular weight is 409 g/mol. The van der Waals surface area contributed by atoms with E-state index in [-0.39, 0.29) is 11.7 Å². The van der Waals surface area contributed by atoms with E-state index < -0.39 is 0 Å². The van der Waals surface area contributed by atoms with Crippen LogP contribution in [0, 0.1) is 5.92 Å². The lowest BCUT2D eigenvalue weighted by molar-refractivity contribution is -0.117. The molecule has 0 aliphatic heterocycles. The molecule has 3 rings (SSSR count). The zero-order valence-electron chi connectivity index (χ0n) is 16.2. The summed E-state index contributed by atoms with van der Waals surface area (Å²) >= 11 is 6.31. The molecule has 0 saturated carbocycles. The van der Waals surface area contributed by atoms with Gasteiger partial charge in [0.25, 0.3) is 0 Å². The third kappa shape index (κ3) is 6.43. The van der Waals surface area contributed by atoms with Crippen molar-refractivity contribution in [1.29, 1.82) is 0 Å². The van der Waals surface area contributed by atoms with Gasteiger partial charge in [0, 0.05) is 37.0 Å². The molecular weight excluding hydrogens is 388 g/mol. The van der Waals surface area contributed by atoms with E-state index >= 15 is 0 Å². The Bertz CT molecular complexity index is 989. The number of ether oxygens (including phenoxy) is 2. The van der Waals surface area contributed by atoms with Gasteiger partial charge >= 0.3 is 0 Å². The molecule has 29 heavy (non-hydrogen) atoms. The number of hydrogen-bond acceptors (Lipinski definition) is 5. The summed E-state index contributed by atoms with van der Waals surface area (Å²) < 4.78 is 11.4. The maximum Gasteiger partial charge on any atom is 0.219 e. The number of ketones is 1. The van der Waals surface area contributed by atoms with E-state index in [4.69, 9.17) is 21.1 Å². The molecule has 0 radical (unpaired) electrons. The minimum absolute atomic E-state index is 0.178. The van der Waals surface area contributed by atoms with Crippen molar-refractivity contribution < 1.29 is 14.3 Å². The van der Waals surface area contributed by atoms with Gasteiger partial charge in [0.15, 0.2) is 0 Å². The van der Waals surface area contributed by atoms with Gasteiger partial charge in [-0.2, -0.15) is 0 Å². The topological polar surface area (TPSA) is 61.3 Å². The van der Waals surface area contributed by atoms with Crippen molar-refractivity contribution in [1.82, 2.24) is 9.97 Å². The fourth-order valence-electron chi connectivity index (χ4n) is 2.62. The van der Waals surface area contributed by atoms with Crippen LogP contribution in [0.3, 0.4) is 0 Å². The van der Waals surface area contributed by atoms with Crippen molar-refractivity contribution in [3.8, 4) is 23.3 Å². The zero-order chi connectivity index (χ0) is 20.6. The molecule has 0 amide bonds. The third-order valence-corrected chi connectivity index (χ3v) is 4.26. The first-order chi connectivity index (χ1) is 14.0. The molecule has 0 unspecified atom stereocenters. The highest BCUT2D eigenvalue weighted by atomic mass is 35.5. The Morgan fingerprint density at radius 3 is 2.59 bits per heavy atom. The Balaban J connectivity index is 1.62. The first-order valence-corrected chi connectivity index (χ1v) is 9.57. The number of carbonyl (C=O) groups excluding carboxylic acids is 1. The lowest BCUT2D eigenvalue weighted by atomic mass is 10.0. The summed E-state index contributed by atoms with van der Waals surface area (Å²) in [5, 5.41) is 0.405. The molecule has 2 aromatic heterocycles. The number of carbonyl (C=O) groups is 1. The Kier molecular flexibility index (Phi) is 6.98. The van der Waals surface area contributed by atoms with Crippen LogP contribution in [0.1, 0.15) is 25.8 Å². The van der Waals surface area contributed by atoms with Gasteiger partial charge in [-0.15, -0.1) is 0 Å². The normalized spacial score (nSPS) is 12.0. The number of Topliss-reactive ketones (excluding diaryl/α,β-unsaturated/α-hetero) is 1. The van der Waals surface area contributed by atoms with E-state index in [9.17, 15) is 4.79 Å². The van der Waals surface area contributed by atoms with Gasteiger partial charge < -0.3 is 14.3 Å². The van der Waals surface area contributed by atoms with E-state index in [0.29, 0.717) is 34.7 Å². The van der Waals surface area contributed by atoms with Crippen molar-refractivity contribution >= 4 is 23.5 Å². The molecule has 148 valence electrons. The second-order valence-electron chi connectivity index (χ2n) is 6.64. The van der Waals surface area contributed by atoms with E-state index in [1.807, 2.05) is 37.3 Å². The van der Waals surface area contributed by atoms with Gasteiger partial charge in [-0.25, -0.2) is 9.97 Å². The molecule has 0 N–H and O–H groups in total. The van der Waals surface area contributed by atoms with Gasteiger partial charge in [0.05, 0.1) is 5.02 Å². The molecule has 1 atom stereocenters. The van der Waals surface area contributed by atoms with Gasteiger partial charge in [-0.05, 0) is 42.7 Å². The van der Waals surface area contributed by atoms with Crippen LogP contribution in [0.2, 0.25) is 5.02 Å². The van der Waals surface area contributed by atoms with Crippen LogP contribution in [0.15, 0.2) is 67.0 Å². The number of nitrogens with zero attached hydrogens (tertiary/aromatic N) is 2. The molecule has 0 aliphatic rings. The van der Waals surface area contributed by atoms with Crippen LogP contribution >= 0.6 is 11.6 Å². The minimum Gasteiger partial charge on any atom is -0.439 e. The van der Waals surface area contributed by atoms with Crippen molar-refractivity contribution in [2.24, 2.45) is 5.92 Å². The standard InChI is InChI=1S/C23H21ClN2O3/c1-16(13-17(2)27)6-7-18-8-11-23(26-15-18)29-21-10-9-19(14-20(21)24)28-22-5-3-4-12-25-22/h3-12,14-16H,13H2,1-2H3/b7-6+/t16-/m0/s1. The predicted octanol–water partition coefficient (Wildman–Crippen LogP) is 6.34. The fraction of sp³-hybridized carbons (Fsp3) is 0.174. The van der Waals surface area contributed by atoms with E-state index in [2.05, 4.69) is 9.97 Å². The molecule has 1 aromatic carbocycles. The molecule has 0 fully saturated rings. The lowest BCUT2D eigenvalue weighted by Gasteiger charge is -2.09. The molecule has 2 heterocycles. The summed E-state index contributed by atoms with van der Waals surface area (Å²) in [5.41, 5.74) is 0.929. The number of halogens is 1. The highest BCUT2D eigenvalue weighted by Gasteiger charge is 2.07. The van der Waals surface area contributed by atoms with Crippen LogP contribution in [0.4, 0.5) is 0 Å². The highest BCUT2D eigenvalue weighted by molar-refractivity contribution is 6.32. The number of allylic oxidation sites excluding steroid dienone is 1. The summed E-state index contributed by atoms with van der Waals surface area (Å²) in [6, 6.07) is 14.2. The summed E-state index contributed by atoms with van der Waals surface area (Å²) in [4.78, 5) is 19.6. The fourth-order valence-corrected chi connectivity index (χ4v) is 2.83. The van der Waals surface area contributed by atoms with E-state index in [0.717, 1.165) is 5.56 Å². The molecule has 0 aliphatic carbocycles. The van der Waals surface area contributed by atoms with Crippen LogP contribution < -0.4 is 9.47 Å². The molecule has 0 saturated heterocycles. The predicted molar refractivity (Wildman–Crippen MR) is 114 cm³/mol. The summed E-state index contributed by atoms with van der Waals surface area (Å²) in [6.45, 7) is 3.60. The second kappa shape index (κ2) is 9.85. The van der Waals surface area contributed by atoms with Crippen LogP contribution in [-0.4, -0.2) is 15.8 Å². The third-order valence-electron chi connectivity index (χ3n) is 3.96. The van der Waals surface area contributed by atoms with Crippen LogP contribution in [0.25, 0.3) is 6.08 Å². The number of aromatic nitrogens is 2. The first kappa shape index (κ1) is 20.6. The zero-order valence-corrected chi connectivity index (χ0v) is 17.0. The first-order valence-electron chi connectivity index (χ1n) is 9.19. The van der Waals surface area contributed by atoms with Crippen molar-refractivity contribution in [3.63, 3.8) is 0 Å². The second-order valence-corrected chi connectivity index (χ2v) is 7.04. The van der Waals surface area contributed by atoms with E-state index in [1.165, 1.54) is 0 Å². The maximum absolute atomic E-state index is 11.1. The summed E-state index contributed by atoms with van der Waals surface area (Å²) in [7, 11) is 0. The largest absolute Gasteiger partial charge is 0.439 e. The molecule has 0 bridgehead atoms. The Labute approximate surface area is 175 Å². The average Bonchev–Trinajstić information content (AvgIpc) is 2.70. The Hall–Kier alpha value is -3.18. The quantitative estimate of drug-likeness (QED) is 0.435. The number of rotatable bonds is 8. The van der Waals surface area contributed by atoms with Crippen LogP contribution in [0.5, 0.6) is 23.3 Å². The summed E-state index contributed by atoms with van der Waals surface area (Å²) in [6.07, 6.45) is 7.84. The molecule has 3 aromatic rings. The Morgan fingerprint density at radius 1 is 1.10 bits per heavy atom. The molecule has 5 nitrogen and oxygen atoms in total. The number of benzene rings is 1. The van der Waals surface area contributed by atoms with E-state index in [1.54, 1.807) is 49.6 Å². The number of pyridine rings is 2. The van der Waals surface area contributed by atoms with Gasteiger partial charge in [0.2, 0.25) is 11.8 Å². The lowest BCUT2D eigenvalue weighted by Crippen LogP contribution is -1.97. The van der Waals surface area contributed by atoms with Crippen molar-refractivity contribution in [2.75, 3.05) is 0 Å². The van der Waals surface area contributed by atoms with Crippen molar-refractivity contribution in [2.45, 2.75) is 20.3 Å². The van der Waals surface area contributed by atoms with Gasteiger partial charge in [-0.1, -0.05) is 36.7 Å². The smallest absolute Gasteiger partial charge is 0.219 e. The molecular formula is C23H21ClN2O3. The molecule has 6 heteroatoms. The van der Waals surface area contributed by atoms with Gasteiger partial charge in [0.1, 0.15) is 17.3 Å². The van der Waals surface area contributed by atoms with Crippen LogP contribution in [-0.2, 0) is 4.79 Å². The number of hydrogen-bond donors (Lipinski definition) is 0. The minimum atomic E-state index is 0.178. The maximum atomic E-state index is 11.1. The van der Waals surface area contributed by atoms with Gasteiger partial charge in [-0.3, -0.25) is 0 Å². The highest BCUT2D eigenvalue weighted by Crippen LogP contribution is 2.33. The SMILES string of the molecule is CC(=O)C[C@@H](C)/C=C/c1ccc(Oc2ccc(Oc3ccccn3)cc2Cl)nc1.